The molecule has 6 heteroatoms. The fourth-order valence-electron chi connectivity index (χ4n) is 1.92. The van der Waals surface area contributed by atoms with Crippen molar-refractivity contribution < 1.29 is 23.8 Å². The Hall–Kier alpha value is -2.11. The van der Waals surface area contributed by atoms with Crippen LogP contribution in [0, 0.1) is 11.7 Å². The zero-order valence-electron chi connectivity index (χ0n) is 13.3. The van der Waals surface area contributed by atoms with Crippen LogP contribution in [0.4, 0.5) is 9.18 Å². The number of aliphatic carboxylic acids is 1. The Morgan fingerprint density at radius 3 is 2.50 bits per heavy atom. The summed E-state index contributed by atoms with van der Waals surface area (Å²) in [5.74, 6) is -2.29. The third-order valence-corrected chi connectivity index (χ3v) is 2.92. The van der Waals surface area contributed by atoms with Crippen molar-refractivity contribution in [2.75, 3.05) is 13.6 Å². The number of carboxylic acid groups (broad SMARTS) is 1. The molecule has 1 rings (SSSR count). The van der Waals surface area contributed by atoms with Crippen molar-refractivity contribution in [2.24, 2.45) is 5.92 Å². The van der Waals surface area contributed by atoms with Gasteiger partial charge in [-0.3, -0.25) is 4.79 Å². The molecular weight excluding hydrogens is 289 g/mol. The fourth-order valence-corrected chi connectivity index (χ4v) is 1.92. The number of hydrogen-bond acceptors (Lipinski definition) is 3. The van der Waals surface area contributed by atoms with Gasteiger partial charge in [0.25, 0.3) is 0 Å². The first-order chi connectivity index (χ1) is 10.1. The smallest absolute Gasteiger partial charge is 0.410 e. The summed E-state index contributed by atoms with van der Waals surface area (Å²) in [5, 5.41) is 9.29. The van der Waals surface area contributed by atoms with Crippen LogP contribution in [-0.2, 0) is 16.0 Å². The van der Waals surface area contributed by atoms with Crippen LogP contribution in [-0.4, -0.2) is 41.3 Å². The molecule has 0 aliphatic heterocycles. The lowest BCUT2D eigenvalue weighted by Crippen LogP contribution is -2.39. The van der Waals surface area contributed by atoms with Crippen molar-refractivity contribution >= 4 is 12.1 Å². The summed E-state index contributed by atoms with van der Waals surface area (Å²) in [7, 11) is 1.48. The number of amides is 1. The molecule has 22 heavy (non-hydrogen) atoms. The predicted molar refractivity (Wildman–Crippen MR) is 80.1 cm³/mol. The van der Waals surface area contributed by atoms with Crippen LogP contribution in [0.1, 0.15) is 26.3 Å². The highest BCUT2D eigenvalue weighted by Crippen LogP contribution is 2.14. The third kappa shape index (κ3) is 6.11. The minimum atomic E-state index is -1.04. The second kappa shape index (κ2) is 7.24. The lowest BCUT2D eigenvalue weighted by atomic mass is 9.99. The number of ether oxygens (including phenoxy) is 1. The number of benzene rings is 1. The standard InChI is InChI=1S/C16H22FNO4/c1-16(2,3)22-15(21)18(4)10-12(14(19)20)8-11-6-5-7-13(17)9-11/h5-7,9,12H,8,10H2,1-4H3,(H,19,20). The average Bonchev–Trinajstić information content (AvgIpc) is 2.35. The molecule has 0 aliphatic carbocycles. The molecule has 5 nitrogen and oxygen atoms in total. The van der Waals surface area contributed by atoms with Gasteiger partial charge in [-0.1, -0.05) is 12.1 Å². The Labute approximate surface area is 129 Å². The highest BCUT2D eigenvalue weighted by Gasteiger charge is 2.25. The molecule has 1 atom stereocenters. The number of rotatable bonds is 5. The predicted octanol–water partition coefficient (Wildman–Crippen LogP) is 2.94. The van der Waals surface area contributed by atoms with Gasteiger partial charge in [-0.05, 0) is 44.9 Å². The SMILES string of the molecule is CN(CC(Cc1cccc(F)c1)C(=O)O)C(=O)OC(C)(C)C. The van der Waals surface area contributed by atoms with Gasteiger partial charge in [0.05, 0.1) is 5.92 Å². The number of carboxylic acids is 1. The minimum Gasteiger partial charge on any atom is -0.481 e. The molecule has 1 aromatic carbocycles. The maximum absolute atomic E-state index is 13.2. The van der Waals surface area contributed by atoms with Gasteiger partial charge < -0.3 is 14.7 Å². The molecule has 0 aliphatic rings. The van der Waals surface area contributed by atoms with E-state index in [1.807, 2.05) is 0 Å². The van der Waals surface area contributed by atoms with E-state index in [1.54, 1.807) is 26.8 Å². The van der Waals surface area contributed by atoms with Crippen molar-refractivity contribution in [3.8, 4) is 0 Å². The molecule has 0 fully saturated rings. The monoisotopic (exact) mass is 311 g/mol. The molecule has 122 valence electrons. The fraction of sp³-hybridized carbons (Fsp3) is 0.500. The van der Waals surface area contributed by atoms with Crippen LogP contribution in [0.2, 0.25) is 0 Å². The number of nitrogens with zero attached hydrogens (tertiary/aromatic N) is 1. The van der Waals surface area contributed by atoms with Crippen LogP contribution in [0.25, 0.3) is 0 Å². The van der Waals surface area contributed by atoms with E-state index in [4.69, 9.17) is 4.74 Å². The normalized spacial score (nSPS) is 12.6. The van der Waals surface area contributed by atoms with Crippen LogP contribution in [0.5, 0.6) is 0 Å². The van der Waals surface area contributed by atoms with E-state index in [1.165, 1.54) is 30.1 Å². The van der Waals surface area contributed by atoms with Crippen LogP contribution in [0.3, 0.4) is 0 Å². The molecule has 0 heterocycles. The van der Waals surface area contributed by atoms with Gasteiger partial charge in [-0.25, -0.2) is 9.18 Å². The van der Waals surface area contributed by atoms with Gasteiger partial charge in [-0.2, -0.15) is 0 Å². The Morgan fingerprint density at radius 1 is 1.36 bits per heavy atom. The van der Waals surface area contributed by atoms with E-state index in [9.17, 15) is 19.1 Å². The lowest BCUT2D eigenvalue weighted by Gasteiger charge is -2.26. The van der Waals surface area contributed by atoms with Gasteiger partial charge in [0, 0.05) is 13.6 Å². The Balaban J connectivity index is 2.72. The summed E-state index contributed by atoms with van der Waals surface area (Å²) in [6.45, 7) is 5.20. The van der Waals surface area contributed by atoms with E-state index in [0.29, 0.717) is 5.56 Å². The molecule has 1 aromatic rings. The average molecular weight is 311 g/mol. The zero-order chi connectivity index (χ0) is 16.9. The number of halogens is 1. The van der Waals surface area contributed by atoms with Crippen LogP contribution >= 0.6 is 0 Å². The summed E-state index contributed by atoms with van der Waals surface area (Å²) in [5.41, 5.74) is -0.0721. The van der Waals surface area contributed by atoms with Crippen LogP contribution < -0.4 is 0 Å². The van der Waals surface area contributed by atoms with E-state index < -0.39 is 29.4 Å². The summed E-state index contributed by atoms with van der Waals surface area (Å²) < 4.78 is 18.3. The molecule has 0 aromatic heterocycles. The Kier molecular flexibility index (Phi) is 5.91. The van der Waals surface area contributed by atoms with Gasteiger partial charge in [0.15, 0.2) is 0 Å². The van der Waals surface area contributed by atoms with Crippen molar-refractivity contribution in [3.05, 3.63) is 35.6 Å². The van der Waals surface area contributed by atoms with Crippen molar-refractivity contribution in [2.45, 2.75) is 32.8 Å². The molecule has 0 saturated carbocycles. The first-order valence-corrected chi connectivity index (χ1v) is 7.00. The highest BCUT2D eigenvalue weighted by molar-refractivity contribution is 5.73. The first-order valence-electron chi connectivity index (χ1n) is 7.00. The number of carbonyl (C=O) groups excluding carboxylic acids is 1. The molecule has 1 unspecified atom stereocenters. The maximum atomic E-state index is 13.2. The van der Waals surface area contributed by atoms with Crippen LogP contribution in [0.15, 0.2) is 24.3 Å². The maximum Gasteiger partial charge on any atom is 0.410 e. The Bertz CT molecular complexity index is 539. The largest absolute Gasteiger partial charge is 0.481 e. The molecule has 0 spiro atoms. The lowest BCUT2D eigenvalue weighted by molar-refractivity contribution is -0.142. The molecule has 1 N–H and O–H groups in total. The van der Waals surface area contributed by atoms with Gasteiger partial charge in [0.1, 0.15) is 11.4 Å². The molecule has 0 radical (unpaired) electrons. The van der Waals surface area contributed by atoms with Crippen molar-refractivity contribution in [1.82, 2.24) is 4.90 Å². The second-order valence-corrected chi connectivity index (χ2v) is 6.23. The van der Waals surface area contributed by atoms with E-state index in [-0.39, 0.29) is 13.0 Å². The van der Waals surface area contributed by atoms with E-state index in [0.717, 1.165) is 0 Å². The van der Waals surface area contributed by atoms with Crippen molar-refractivity contribution in [3.63, 3.8) is 0 Å². The summed E-state index contributed by atoms with van der Waals surface area (Å²) in [6.07, 6.45) is -0.446. The third-order valence-electron chi connectivity index (χ3n) is 2.92. The van der Waals surface area contributed by atoms with Gasteiger partial charge in [0.2, 0.25) is 0 Å². The molecule has 1 amide bonds. The van der Waals surface area contributed by atoms with Gasteiger partial charge in [-0.15, -0.1) is 0 Å². The Morgan fingerprint density at radius 2 is 2.00 bits per heavy atom. The summed E-state index contributed by atoms with van der Waals surface area (Å²) >= 11 is 0. The van der Waals surface area contributed by atoms with Gasteiger partial charge >= 0.3 is 12.1 Å². The first kappa shape index (κ1) is 17.9. The second-order valence-electron chi connectivity index (χ2n) is 6.23. The quantitative estimate of drug-likeness (QED) is 0.908. The zero-order valence-corrected chi connectivity index (χ0v) is 13.3. The molecule has 0 saturated heterocycles. The molecular formula is C16H22FNO4. The minimum absolute atomic E-state index is 0.0131. The highest BCUT2D eigenvalue weighted by atomic mass is 19.1. The number of carbonyl (C=O) groups is 2. The van der Waals surface area contributed by atoms with Crippen molar-refractivity contribution in [1.29, 1.82) is 0 Å². The topological polar surface area (TPSA) is 66.8 Å². The van der Waals surface area contributed by atoms with E-state index in [2.05, 4.69) is 0 Å². The van der Waals surface area contributed by atoms with E-state index >= 15 is 0 Å². The summed E-state index contributed by atoms with van der Waals surface area (Å²) in [4.78, 5) is 24.5. The number of hydrogen-bond donors (Lipinski definition) is 1. The molecule has 0 bridgehead atoms. The summed E-state index contributed by atoms with van der Waals surface area (Å²) in [6, 6.07) is 5.78.